The summed E-state index contributed by atoms with van der Waals surface area (Å²) in [4.78, 5) is 15.1. The topological polar surface area (TPSA) is 48.5 Å². The Labute approximate surface area is 323 Å². The van der Waals surface area contributed by atoms with Crippen LogP contribution in [0.15, 0.2) is 200 Å². The Hall–Kier alpha value is -7.63. The lowest BCUT2D eigenvalue weighted by atomic mass is 10.0. The second-order valence-electron chi connectivity index (χ2n) is 14.1. The van der Waals surface area contributed by atoms with Gasteiger partial charge in [-0.1, -0.05) is 152 Å². The van der Waals surface area contributed by atoms with Gasteiger partial charge in [0.1, 0.15) is 0 Å². The van der Waals surface area contributed by atoms with Crippen LogP contribution in [0.5, 0.6) is 0 Å². The van der Waals surface area contributed by atoms with E-state index in [9.17, 15) is 0 Å². The van der Waals surface area contributed by atoms with Gasteiger partial charge in [-0.05, 0) is 70.8 Å². The van der Waals surface area contributed by atoms with E-state index in [1.807, 2.05) is 60.7 Å². The first-order chi connectivity index (χ1) is 27.8. The third-order valence-electron chi connectivity index (χ3n) is 10.8. The molecule has 5 nitrogen and oxygen atoms in total. The molecule has 3 heterocycles. The molecule has 0 aliphatic heterocycles. The van der Waals surface area contributed by atoms with Gasteiger partial charge in [-0.25, -0.2) is 4.98 Å². The standard InChI is InChI=1S/C51H33N5/c1-4-14-34(15-5-1)35-24-28-40(29-25-35)55-45-22-12-10-20-41(45)43-32-38(26-30-47(43)55)39-27-31-48-44(33-39)42-21-11-13-23-46(42)56(48)51-53-49(36-16-6-2-7-17-36)52-50(54-51)37-18-8-3-9-19-37/h1-33H. The molecule has 0 fully saturated rings. The van der Waals surface area contributed by atoms with E-state index < -0.39 is 0 Å². The summed E-state index contributed by atoms with van der Waals surface area (Å²) in [5.41, 5.74) is 12.2. The number of hydrogen-bond acceptors (Lipinski definition) is 3. The number of aromatic nitrogens is 5. The van der Waals surface area contributed by atoms with Crippen LogP contribution in [0.2, 0.25) is 0 Å². The van der Waals surface area contributed by atoms with Gasteiger partial charge in [0.05, 0.1) is 22.1 Å². The molecule has 0 N–H and O–H groups in total. The van der Waals surface area contributed by atoms with Gasteiger partial charge in [0, 0.05) is 38.4 Å². The second-order valence-corrected chi connectivity index (χ2v) is 14.1. The zero-order valence-corrected chi connectivity index (χ0v) is 30.3. The molecule has 0 saturated heterocycles. The maximum absolute atomic E-state index is 5.10. The molecule has 11 aromatic rings. The second kappa shape index (κ2) is 13.0. The van der Waals surface area contributed by atoms with Crippen LogP contribution in [0.4, 0.5) is 0 Å². The molecule has 0 aliphatic carbocycles. The molecule has 0 bridgehead atoms. The average Bonchev–Trinajstić information content (AvgIpc) is 3.79. The Bertz CT molecular complexity index is 3160. The average molecular weight is 716 g/mol. The summed E-state index contributed by atoms with van der Waals surface area (Å²) < 4.78 is 4.55. The van der Waals surface area contributed by atoms with Crippen molar-refractivity contribution in [2.24, 2.45) is 0 Å². The van der Waals surface area contributed by atoms with E-state index in [2.05, 4.69) is 149 Å². The minimum Gasteiger partial charge on any atom is -0.309 e. The van der Waals surface area contributed by atoms with E-state index in [1.54, 1.807) is 0 Å². The van der Waals surface area contributed by atoms with Gasteiger partial charge in [-0.15, -0.1) is 0 Å². The molecule has 11 rings (SSSR count). The first-order valence-corrected chi connectivity index (χ1v) is 18.9. The van der Waals surface area contributed by atoms with E-state index in [-0.39, 0.29) is 0 Å². The van der Waals surface area contributed by atoms with Crippen molar-refractivity contribution in [3.8, 4) is 56.7 Å². The Morgan fingerprint density at radius 2 is 0.661 bits per heavy atom. The molecule has 8 aromatic carbocycles. The summed E-state index contributed by atoms with van der Waals surface area (Å²) >= 11 is 0. The predicted molar refractivity (Wildman–Crippen MR) is 230 cm³/mol. The SMILES string of the molecule is c1ccc(-c2ccc(-n3c4ccccc4c4cc(-c5ccc6c(c5)c5ccccc5n6-c5nc(-c6ccccc6)nc(-c6ccccc6)n5)ccc43)cc2)cc1. The molecule has 0 unspecified atom stereocenters. The predicted octanol–water partition coefficient (Wildman–Crippen LogP) is 12.7. The zero-order valence-electron chi connectivity index (χ0n) is 30.3. The molecule has 262 valence electrons. The van der Waals surface area contributed by atoms with Crippen molar-refractivity contribution >= 4 is 43.6 Å². The maximum Gasteiger partial charge on any atom is 0.238 e. The highest BCUT2D eigenvalue weighted by Crippen LogP contribution is 2.38. The number of fused-ring (bicyclic) bond motifs is 6. The summed E-state index contributed by atoms with van der Waals surface area (Å²) in [6.07, 6.45) is 0. The van der Waals surface area contributed by atoms with Crippen molar-refractivity contribution in [1.29, 1.82) is 0 Å². The maximum atomic E-state index is 5.10. The lowest BCUT2D eigenvalue weighted by Crippen LogP contribution is -2.06. The van der Waals surface area contributed by atoms with Crippen LogP contribution in [-0.4, -0.2) is 24.1 Å². The van der Waals surface area contributed by atoms with E-state index >= 15 is 0 Å². The smallest absolute Gasteiger partial charge is 0.238 e. The fraction of sp³-hybridized carbons (Fsp3) is 0. The van der Waals surface area contributed by atoms with Crippen molar-refractivity contribution in [3.05, 3.63) is 200 Å². The number of para-hydroxylation sites is 2. The van der Waals surface area contributed by atoms with Crippen LogP contribution in [0, 0.1) is 0 Å². The monoisotopic (exact) mass is 715 g/mol. The van der Waals surface area contributed by atoms with E-state index in [1.165, 1.54) is 32.9 Å². The van der Waals surface area contributed by atoms with Crippen LogP contribution < -0.4 is 0 Å². The highest BCUT2D eigenvalue weighted by Gasteiger charge is 2.19. The Morgan fingerprint density at radius 3 is 1.20 bits per heavy atom. The third-order valence-corrected chi connectivity index (χ3v) is 10.8. The molecule has 0 aliphatic rings. The number of benzene rings is 8. The van der Waals surface area contributed by atoms with Crippen molar-refractivity contribution in [3.63, 3.8) is 0 Å². The highest BCUT2D eigenvalue weighted by molar-refractivity contribution is 6.12. The third kappa shape index (κ3) is 5.29. The van der Waals surface area contributed by atoms with Gasteiger partial charge in [-0.2, -0.15) is 9.97 Å². The molecule has 0 saturated carbocycles. The molecular weight excluding hydrogens is 683 g/mol. The highest BCUT2D eigenvalue weighted by atomic mass is 15.2. The largest absolute Gasteiger partial charge is 0.309 e. The first kappa shape index (κ1) is 31.9. The summed E-state index contributed by atoms with van der Waals surface area (Å²) in [6, 6.07) is 70.5. The van der Waals surface area contributed by atoms with Crippen LogP contribution in [0.1, 0.15) is 0 Å². The first-order valence-electron chi connectivity index (χ1n) is 18.9. The van der Waals surface area contributed by atoms with Gasteiger partial charge in [-0.3, -0.25) is 4.57 Å². The minimum absolute atomic E-state index is 0.586. The summed E-state index contributed by atoms with van der Waals surface area (Å²) in [5, 5.41) is 4.73. The van der Waals surface area contributed by atoms with E-state index in [0.29, 0.717) is 17.6 Å². The normalized spacial score (nSPS) is 11.6. The zero-order chi connectivity index (χ0) is 37.0. The van der Waals surface area contributed by atoms with Crippen LogP contribution in [0.3, 0.4) is 0 Å². The van der Waals surface area contributed by atoms with Crippen molar-refractivity contribution in [1.82, 2.24) is 24.1 Å². The molecule has 3 aromatic heterocycles. The summed E-state index contributed by atoms with van der Waals surface area (Å²) in [7, 11) is 0. The van der Waals surface area contributed by atoms with Gasteiger partial charge in [0.25, 0.3) is 0 Å². The van der Waals surface area contributed by atoms with Crippen LogP contribution >= 0.6 is 0 Å². The Morgan fingerprint density at radius 1 is 0.268 bits per heavy atom. The number of rotatable bonds is 6. The molecule has 0 radical (unpaired) electrons. The number of hydrogen-bond donors (Lipinski definition) is 0. The summed E-state index contributed by atoms with van der Waals surface area (Å²) in [5.74, 6) is 1.86. The molecule has 0 amide bonds. The van der Waals surface area contributed by atoms with Crippen molar-refractivity contribution in [2.75, 3.05) is 0 Å². The quantitative estimate of drug-likeness (QED) is 0.172. The Kier molecular flexibility index (Phi) is 7.42. The fourth-order valence-electron chi connectivity index (χ4n) is 8.13. The van der Waals surface area contributed by atoms with E-state index in [4.69, 9.17) is 15.0 Å². The number of nitrogens with zero attached hydrogens (tertiary/aromatic N) is 5. The van der Waals surface area contributed by atoms with Crippen LogP contribution in [0.25, 0.3) is 100 Å². The van der Waals surface area contributed by atoms with Gasteiger partial charge >= 0.3 is 0 Å². The van der Waals surface area contributed by atoms with Gasteiger partial charge in [0.2, 0.25) is 5.95 Å². The van der Waals surface area contributed by atoms with Crippen LogP contribution in [-0.2, 0) is 0 Å². The van der Waals surface area contributed by atoms with Gasteiger partial charge < -0.3 is 4.57 Å². The van der Waals surface area contributed by atoms with Crippen molar-refractivity contribution < 1.29 is 0 Å². The van der Waals surface area contributed by atoms with E-state index in [0.717, 1.165) is 49.7 Å². The summed E-state index contributed by atoms with van der Waals surface area (Å²) in [6.45, 7) is 0. The molecular formula is C51H33N5. The Balaban J connectivity index is 1.06. The molecule has 0 atom stereocenters. The lowest BCUT2D eigenvalue weighted by Gasteiger charge is -2.11. The lowest BCUT2D eigenvalue weighted by molar-refractivity contribution is 0.953. The molecule has 5 heteroatoms. The minimum atomic E-state index is 0.586. The molecule has 56 heavy (non-hydrogen) atoms. The van der Waals surface area contributed by atoms with Crippen molar-refractivity contribution in [2.45, 2.75) is 0 Å². The van der Waals surface area contributed by atoms with Gasteiger partial charge in [0.15, 0.2) is 11.6 Å². The molecule has 0 spiro atoms. The fourth-order valence-corrected chi connectivity index (χ4v) is 8.13.